The standard InChI is InChI=1S/C16H20N2O2/c1-2-3-4-14(19)17-13-9-11-5-6-15(20)18-8-7-12(10-13)16(11)18/h9-10H,2-8H2,1H3,(H,17,19). The van der Waals surface area contributed by atoms with Crippen LogP contribution in [-0.4, -0.2) is 18.4 Å². The second-order valence-corrected chi connectivity index (χ2v) is 5.59. The summed E-state index contributed by atoms with van der Waals surface area (Å²) < 4.78 is 0. The first-order valence-electron chi connectivity index (χ1n) is 7.45. The first kappa shape index (κ1) is 13.2. The first-order valence-corrected chi connectivity index (χ1v) is 7.45. The first-order chi connectivity index (χ1) is 9.69. The Bertz CT molecular complexity index is 566. The lowest BCUT2D eigenvalue weighted by atomic mass is 9.98. The SMILES string of the molecule is CCCCC(=O)Nc1cc2c3c(c1)CCN3C(=O)CC2. The number of hydrogen-bond acceptors (Lipinski definition) is 2. The minimum atomic E-state index is 0.0840. The summed E-state index contributed by atoms with van der Waals surface area (Å²) in [6.45, 7) is 2.87. The summed E-state index contributed by atoms with van der Waals surface area (Å²) in [4.78, 5) is 25.6. The molecule has 3 rings (SSSR count). The van der Waals surface area contributed by atoms with Gasteiger partial charge in [-0.05, 0) is 42.5 Å². The third kappa shape index (κ3) is 2.30. The van der Waals surface area contributed by atoms with Crippen molar-refractivity contribution in [1.82, 2.24) is 0 Å². The lowest BCUT2D eigenvalue weighted by Crippen LogP contribution is -2.32. The molecule has 106 valence electrons. The van der Waals surface area contributed by atoms with Gasteiger partial charge in [-0.25, -0.2) is 0 Å². The fourth-order valence-electron chi connectivity index (χ4n) is 3.09. The third-order valence-corrected chi connectivity index (χ3v) is 4.09. The highest BCUT2D eigenvalue weighted by molar-refractivity contribution is 6.00. The molecule has 2 aliphatic heterocycles. The number of hydrogen-bond donors (Lipinski definition) is 1. The second-order valence-electron chi connectivity index (χ2n) is 5.59. The molecular formula is C16H20N2O2. The summed E-state index contributed by atoms with van der Waals surface area (Å²) in [5.41, 5.74) is 4.38. The average molecular weight is 272 g/mol. The van der Waals surface area contributed by atoms with Crippen molar-refractivity contribution in [2.24, 2.45) is 0 Å². The van der Waals surface area contributed by atoms with Crippen LogP contribution in [-0.2, 0) is 22.4 Å². The highest BCUT2D eigenvalue weighted by Crippen LogP contribution is 2.38. The van der Waals surface area contributed by atoms with Gasteiger partial charge in [0.25, 0.3) is 0 Å². The molecule has 0 radical (unpaired) electrons. The summed E-state index contributed by atoms with van der Waals surface area (Å²) in [6.07, 6.45) is 4.79. The van der Waals surface area contributed by atoms with E-state index in [0.717, 1.165) is 43.6 Å². The monoisotopic (exact) mass is 272 g/mol. The Balaban J connectivity index is 1.82. The summed E-state index contributed by atoms with van der Waals surface area (Å²) in [6, 6.07) is 4.06. The van der Waals surface area contributed by atoms with Crippen LogP contribution in [0.3, 0.4) is 0 Å². The number of anilines is 2. The number of unbranched alkanes of at least 4 members (excludes halogenated alkanes) is 1. The quantitative estimate of drug-likeness (QED) is 0.916. The zero-order valence-electron chi connectivity index (χ0n) is 11.9. The van der Waals surface area contributed by atoms with Crippen LogP contribution in [0.4, 0.5) is 11.4 Å². The van der Waals surface area contributed by atoms with Crippen molar-refractivity contribution in [3.05, 3.63) is 23.3 Å². The number of nitrogens with one attached hydrogen (secondary N) is 1. The van der Waals surface area contributed by atoms with Gasteiger partial charge in [0, 0.05) is 25.1 Å². The number of rotatable bonds is 4. The molecule has 0 fully saturated rings. The van der Waals surface area contributed by atoms with Crippen LogP contribution in [0.1, 0.15) is 43.7 Å². The Morgan fingerprint density at radius 2 is 2.00 bits per heavy atom. The molecule has 0 atom stereocenters. The van der Waals surface area contributed by atoms with E-state index >= 15 is 0 Å². The van der Waals surface area contributed by atoms with Crippen LogP contribution in [0.2, 0.25) is 0 Å². The zero-order valence-corrected chi connectivity index (χ0v) is 11.9. The predicted octanol–water partition coefficient (Wildman–Crippen LogP) is 2.65. The van der Waals surface area contributed by atoms with Crippen molar-refractivity contribution in [3.8, 4) is 0 Å². The van der Waals surface area contributed by atoms with Gasteiger partial charge in [0.15, 0.2) is 0 Å². The largest absolute Gasteiger partial charge is 0.326 e. The molecule has 0 aromatic heterocycles. The van der Waals surface area contributed by atoms with E-state index in [9.17, 15) is 9.59 Å². The molecular weight excluding hydrogens is 252 g/mol. The fourth-order valence-corrected chi connectivity index (χ4v) is 3.09. The van der Waals surface area contributed by atoms with E-state index in [0.29, 0.717) is 12.8 Å². The molecule has 0 saturated carbocycles. The van der Waals surface area contributed by atoms with Crippen molar-refractivity contribution in [2.45, 2.75) is 45.4 Å². The van der Waals surface area contributed by atoms with Crippen molar-refractivity contribution in [2.75, 3.05) is 16.8 Å². The normalized spacial score (nSPS) is 16.2. The van der Waals surface area contributed by atoms with Gasteiger partial charge in [-0.3, -0.25) is 9.59 Å². The molecule has 1 aromatic carbocycles. The number of nitrogens with zero attached hydrogens (tertiary/aromatic N) is 1. The molecule has 0 unspecified atom stereocenters. The summed E-state index contributed by atoms with van der Waals surface area (Å²) in [5.74, 6) is 0.316. The van der Waals surface area contributed by atoms with Crippen molar-refractivity contribution < 1.29 is 9.59 Å². The summed E-state index contributed by atoms with van der Waals surface area (Å²) >= 11 is 0. The zero-order chi connectivity index (χ0) is 14.1. The minimum absolute atomic E-state index is 0.0840. The van der Waals surface area contributed by atoms with Crippen LogP contribution in [0.15, 0.2) is 12.1 Å². The second kappa shape index (κ2) is 5.27. The molecule has 20 heavy (non-hydrogen) atoms. The maximum Gasteiger partial charge on any atom is 0.227 e. The Hall–Kier alpha value is -1.84. The fraction of sp³-hybridized carbons (Fsp3) is 0.500. The summed E-state index contributed by atoms with van der Waals surface area (Å²) in [5, 5.41) is 2.99. The molecule has 0 aliphatic carbocycles. The van der Waals surface area contributed by atoms with Crippen LogP contribution in [0.25, 0.3) is 0 Å². The van der Waals surface area contributed by atoms with Crippen molar-refractivity contribution in [1.29, 1.82) is 0 Å². The number of carbonyl (C=O) groups excluding carboxylic acids is 2. The average Bonchev–Trinajstić information content (AvgIpc) is 2.86. The van der Waals surface area contributed by atoms with Gasteiger partial charge in [0.1, 0.15) is 0 Å². The van der Waals surface area contributed by atoms with Gasteiger partial charge in [0.05, 0.1) is 5.69 Å². The van der Waals surface area contributed by atoms with Crippen LogP contribution in [0.5, 0.6) is 0 Å². The van der Waals surface area contributed by atoms with E-state index in [-0.39, 0.29) is 11.8 Å². The van der Waals surface area contributed by atoms with Gasteiger partial charge in [-0.15, -0.1) is 0 Å². The molecule has 4 heteroatoms. The molecule has 0 bridgehead atoms. The molecule has 2 amide bonds. The number of benzene rings is 1. The Morgan fingerprint density at radius 3 is 2.75 bits per heavy atom. The molecule has 1 N–H and O–H groups in total. The molecule has 2 heterocycles. The van der Waals surface area contributed by atoms with Crippen LogP contribution < -0.4 is 10.2 Å². The number of aryl methyl sites for hydroxylation is 1. The molecule has 1 aromatic rings. The minimum Gasteiger partial charge on any atom is -0.326 e. The van der Waals surface area contributed by atoms with Gasteiger partial charge >= 0.3 is 0 Å². The molecule has 2 aliphatic rings. The maximum absolute atomic E-state index is 11.9. The summed E-state index contributed by atoms with van der Waals surface area (Å²) in [7, 11) is 0. The Morgan fingerprint density at radius 1 is 1.25 bits per heavy atom. The van der Waals surface area contributed by atoms with E-state index in [1.807, 2.05) is 17.0 Å². The van der Waals surface area contributed by atoms with Crippen molar-refractivity contribution in [3.63, 3.8) is 0 Å². The highest BCUT2D eigenvalue weighted by atomic mass is 16.2. The molecule has 0 saturated heterocycles. The van der Waals surface area contributed by atoms with Crippen molar-refractivity contribution >= 4 is 23.2 Å². The van der Waals surface area contributed by atoms with E-state index in [1.165, 1.54) is 11.1 Å². The van der Waals surface area contributed by atoms with Crippen LogP contribution >= 0.6 is 0 Å². The Kier molecular flexibility index (Phi) is 3.47. The van der Waals surface area contributed by atoms with Gasteiger partial charge in [-0.2, -0.15) is 0 Å². The third-order valence-electron chi connectivity index (χ3n) is 4.09. The maximum atomic E-state index is 11.9. The van der Waals surface area contributed by atoms with E-state index in [2.05, 4.69) is 12.2 Å². The van der Waals surface area contributed by atoms with E-state index in [4.69, 9.17) is 0 Å². The van der Waals surface area contributed by atoms with Crippen LogP contribution in [0, 0.1) is 0 Å². The highest BCUT2D eigenvalue weighted by Gasteiger charge is 2.31. The Labute approximate surface area is 119 Å². The molecule has 0 spiro atoms. The topological polar surface area (TPSA) is 49.4 Å². The molecule has 4 nitrogen and oxygen atoms in total. The van der Waals surface area contributed by atoms with E-state index in [1.54, 1.807) is 0 Å². The smallest absolute Gasteiger partial charge is 0.227 e. The van der Waals surface area contributed by atoms with Gasteiger partial charge in [0.2, 0.25) is 11.8 Å². The van der Waals surface area contributed by atoms with Gasteiger partial charge in [-0.1, -0.05) is 13.3 Å². The lowest BCUT2D eigenvalue weighted by molar-refractivity contribution is -0.119. The van der Waals surface area contributed by atoms with E-state index < -0.39 is 0 Å². The lowest BCUT2D eigenvalue weighted by Gasteiger charge is -2.25. The van der Waals surface area contributed by atoms with Gasteiger partial charge < -0.3 is 10.2 Å². The number of amides is 2. The predicted molar refractivity (Wildman–Crippen MR) is 79.0 cm³/mol. The number of carbonyl (C=O) groups is 2.